The van der Waals surface area contributed by atoms with Gasteiger partial charge < -0.3 is 10.7 Å². The van der Waals surface area contributed by atoms with Crippen LogP contribution in [0.3, 0.4) is 0 Å². The zero-order valence-electron chi connectivity index (χ0n) is 9.42. The highest BCUT2D eigenvalue weighted by molar-refractivity contribution is 7.19. The Labute approximate surface area is 118 Å². The summed E-state index contributed by atoms with van der Waals surface area (Å²) >= 11 is 13.5. The van der Waals surface area contributed by atoms with Gasteiger partial charge in [-0.2, -0.15) is 0 Å². The molecule has 92 valence electrons. The van der Waals surface area contributed by atoms with Crippen LogP contribution in [-0.4, -0.2) is 9.97 Å². The highest BCUT2D eigenvalue weighted by Gasteiger charge is 2.12. The van der Waals surface area contributed by atoms with Gasteiger partial charge in [0.15, 0.2) is 0 Å². The molecule has 1 aromatic carbocycles. The lowest BCUT2D eigenvalue weighted by Crippen LogP contribution is -1.77. The van der Waals surface area contributed by atoms with Crippen molar-refractivity contribution in [2.24, 2.45) is 0 Å². The number of H-pyrrole nitrogens is 1. The van der Waals surface area contributed by atoms with Gasteiger partial charge in [0, 0.05) is 0 Å². The maximum Gasteiger partial charge on any atom is 0.148 e. The van der Waals surface area contributed by atoms with E-state index in [1.54, 1.807) is 12.1 Å². The largest absolute Gasteiger partial charge is 0.391 e. The lowest BCUT2D eigenvalue weighted by Gasteiger charge is -1.93. The Morgan fingerprint density at radius 3 is 2.61 bits per heavy atom. The molecule has 0 atom stereocenters. The minimum Gasteiger partial charge on any atom is -0.391 e. The summed E-state index contributed by atoms with van der Waals surface area (Å²) in [5, 5.41) is 1.80. The smallest absolute Gasteiger partial charge is 0.148 e. The molecule has 0 amide bonds. The molecule has 0 spiro atoms. The van der Waals surface area contributed by atoms with Gasteiger partial charge in [-0.25, -0.2) is 4.98 Å². The third-order valence-corrected chi connectivity index (χ3v) is 4.47. The van der Waals surface area contributed by atoms with E-state index >= 15 is 0 Å². The van der Waals surface area contributed by atoms with Gasteiger partial charge >= 0.3 is 0 Å². The van der Waals surface area contributed by atoms with Crippen LogP contribution in [0.25, 0.3) is 21.7 Å². The molecule has 3 N–H and O–H groups in total. The van der Waals surface area contributed by atoms with E-state index in [1.165, 1.54) is 11.3 Å². The number of halogens is 2. The molecule has 3 rings (SSSR count). The topological polar surface area (TPSA) is 54.7 Å². The van der Waals surface area contributed by atoms with Crippen molar-refractivity contribution in [1.82, 2.24) is 9.97 Å². The Balaban J connectivity index is 2.22. The number of benzene rings is 1. The lowest BCUT2D eigenvalue weighted by molar-refractivity contribution is 1.34. The highest BCUT2D eigenvalue weighted by atomic mass is 35.5. The maximum atomic E-state index is 5.98. The van der Waals surface area contributed by atoms with E-state index in [9.17, 15) is 0 Å². The number of nitrogens with zero attached hydrogens (tertiary/aromatic N) is 1. The van der Waals surface area contributed by atoms with E-state index in [4.69, 9.17) is 28.9 Å². The quantitative estimate of drug-likeness (QED) is 0.695. The number of imidazole rings is 1. The second-order valence-corrected chi connectivity index (χ2v) is 5.93. The first-order valence-electron chi connectivity index (χ1n) is 5.25. The van der Waals surface area contributed by atoms with Crippen molar-refractivity contribution >= 4 is 50.6 Å². The number of thiophene rings is 1. The van der Waals surface area contributed by atoms with Gasteiger partial charge in [0.05, 0.1) is 31.0 Å². The monoisotopic (exact) mass is 297 g/mol. The van der Waals surface area contributed by atoms with Crippen molar-refractivity contribution in [2.75, 3.05) is 5.73 Å². The first kappa shape index (κ1) is 11.8. The number of nitrogens with one attached hydrogen (secondary N) is 1. The van der Waals surface area contributed by atoms with Crippen LogP contribution >= 0.6 is 34.5 Å². The minimum atomic E-state index is 0.504. The van der Waals surface area contributed by atoms with Crippen molar-refractivity contribution in [2.45, 2.75) is 6.92 Å². The molecule has 2 aromatic heterocycles. The molecule has 3 aromatic rings. The molecule has 0 unspecified atom stereocenters. The van der Waals surface area contributed by atoms with Crippen molar-refractivity contribution < 1.29 is 0 Å². The Bertz CT molecular complexity index is 706. The Morgan fingerprint density at radius 2 is 1.94 bits per heavy atom. The Hall–Kier alpha value is -1.23. The normalized spacial score (nSPS) is 11.3. The van der Waals surface area contributed by atoms with Gasteiger partial charge in [-0.05, 0) is 30.7 Å². The zero-order valence-corrected chi connectivity index (χ0v) is 11.7. The van der Waals surface area contributed by atoms with Crippen molar-refractivity contribution in [3.05, 3.63) is 33.8 Å². The molecule has 0 aliphatic heterocycles. The summed E-state index contributed by atoms with van der Waals surface area (Å²) in [6.07, 6.45) is 0. The highest BCUT2D eigenvalue weighted by Crippen LogP contribution is 2.34. The van der Waals surface area contributed by atoms with Gasteiger partial charge in [0.2, 0.25) is 0 Å². The van der Waals surface area contributed by atoms with Crippen molar-refractivity contribution in [3.63, 3.8) is 0 Å². The zero-order chi connectivity index (χ0) is 12.9. The van der Waals surface area contributed by atoms with Crippen LogP contribution in [0.4, 0.5) is 5.00 Å². The Morgan fingerprint density at radius 1 is 1.22 bits per heavy atom. The summed E-state index contributed by atoms with van der Waals surface area (Å²) in [6.45, 7) is 2.01. The van der Waals surface area contributed by atoms with E-state index in [1.807, 2.05) is 13.0 Å². The predicted octanol–water partition coefficient (Wildman–Crippen LogP) is 4.49. The first-order chi connectivity index (χ1) is 8.54. The van der Waals surface area contributed by atoms with Crippen LogP contribution < -0.4 is 5.73 Å². The number of aromatic amines is 1. The van der Waals surface area contributed by atoms with E-state index in [0.717, 1.165) is 32.3 Å². The van der Waals surface area contributed by atoms with E-state index in [0.29, 0.717) is 10.0 Å². The number of nitrogen functional groups attached to an aromatic ring is 1. The van der Waals surface area contributed by atoms with Gasteiger partial charge in [-0.3, -0.25) is 0 Å². The summed E-state index contributed by atoms with van der Waals surface area (Å²) in [5.74, 6) is 0.794. The number of anilines is 1. The molecule has 2 heterocycles. The number of aryl methyl sites for hydroxylation is 1. The standard InChI is InChI=1S/C12H9Cl2N3S/c1-5-2-10(15)18-11(5)12-16-8-3-6(13)7(14)4-9(8)17-12/h2-4H,15H2,1H3,(H,16,17). The molecule has 6 heteroatoms. The predicted molar refractivity (Wildman–Crippen MR) is 78.6 cm³/mol. The Kier molecular flexibility index (Phi) is 2.73. The molecule has 0 saturated heterocycles. The van der Waals surface area contributed by atoms with Crippen molar-refractivity contribution in [3.8, 4) is 10.7 Å². The average molecular weight is 298 g/mol. The number of aromatic nitrogens is 2. The molecular formula is C12H9Cl2N3S. The fourth-order valence-electron chi connectivity index (χ4n) is 1.85. The fourth-order valence-corrected chi connectivity index (χ4v) is 3.06. The molecular weight excluding hydrogens is 289 g/mol. The molecule has 0 aliphatic rings. The third kappa shape index (κ3) is 1.86. The first-order valence-corrected chi connectivity index (χ1v) is 6.83. The van der Waals surface area contributed by atoms with Crippen LogP contribution in [0.2, 0.25) is 10.0 Å². The molecule has 3 nitrogen and oxygen atoms in total. The molecule has 0 fully saturated rings. The number of hydrogen-bond donors (Lipinski definition) is 2. The van der Waals surface area contributed by atoms with Crippen LogP contribution in [0.5, 0.6) is 0 Å². The molecule has 18 heavy (non-hydrogen) atoms. The van der Waals surface area contributed by atoms with Gasteiger partial charge in [0.25, 0.3) is 0 Å². The van der Waals surface area contributed by atoms with Gasteiger partial charge in [-0.15, -0.1) is 11.3 Å². The van der Waals surface area contributed by atoms with E-state index in [2.05, 4.69) is 9.97 Å². The lowest BCUT2D eigenvalue weighted by atomic mass is 10.3. The molecule has 0 aliphatic carbocycles. The van der Waals surface area contributed by atoms with E-state index in [-0.39, 0.29) is 0 Å². The van der Waals surface area contributed by atoms with Crippen LogP contribution in [0, 0.1) is 6.92 Å². The summed E-state index contributed by atoms with van der Waals surface area (Å²) in [5.41, 5.74) is 8.56. The van der Waals surface area contributed by atoms with Crippen molar-refractivity contribution in [1.29, 1.82) is 0 Å². The number of fused-ring (bicyclic) bond motifs is 1. The molecule has 0 saturated carbocycles. The van der Waals surface area contributed by atoms with Gasteiger partial charge in [0.1, 0.15) is 5.82 Å². The molecule has 0 radical (unpaired) electrons. The summed E-state index contributed by atoms with van der Waals surface area (Å²) in [6, 6.07) is 5.47. The number of nitrogens with two attached hydrogens (primary N) is 1. The number of rotatable bonds is 1. The summed E-state index contributed by atoms with van der Waals surface area (Å²) < 4.78 is 0. The molecule has 0 bridgehead atoms. The fraction of sp³-hybridized carbons (Fsp3) is 0.0833. The van der Waals surface area contributed by atoms with E-state index < -0.39 is 0 Å². The summed E-state index contributed by atoms with van der Waals surface area (Å²) in [7, 11) is 0. The second kappa shape index (κ2) is 4.16. The van der Waals surface area contributed by atoms with Crippen LogP contribution in [-0.2, 0) is 0 Å². The average Bonchev–Trinajstić information content (AvgIpc) is 2.82. The third-order valence-electron chi connectivity index (χ3n) is 2.68. The minimum absolute atomic E-state index is 0.504. The second-order valence-electron chi connectivity index (χ2n) is 4.03. The summed E-state index contributed by atoms with van der Waals surface area (Å²) in [4.78, 5) is 8.79. The number of hydrogen-bond acceptors (Lipinski definition) is 3. The van der Waals surface area contributed by atoms with Crippen LogP contribution in [0.1, 0.15) is 5.56 Å². The maximum absolute atomic E-state index is 5.98. The SMILES string of the molecule is Cc1cc(N)sc1-c1nc2cc(Cl)c(Cl)cc2[nH]1. The van der Waals surface area contributed by atoms with Crippen LogP contribution in [0.15, 0.2) is 18.2 Å². The van der Waals surface area contributed by atoms with Gasteiger partial charge in [-0.1, -0.05) is 23.2 Å².